The molecule has 0 heterocycles. The zero-order chi connectivity index (χ0) is 23.0. The maximum atomic E-state index is 12.7. The molecule has 0 spiro atoms. The average Bonchev–Trinajstić information content (AvgIpc) is 2.54. The van der Waals surface area contributed by atoms with Crippen molar-refractivity contribution in [3.63, 3.8) is 0 Å². The number of thioether (sulfide) groups is 1. The Morgan fingerprint density at radius 1 is 1.07 bits per heavy atom. The highest BCUT2D eigenvalue weighted by molar-refractivity contribution is 8.13. The van der Waals surface area contributed by atoms with Crippen molar-refractivity contribution in [3.05, 3.63) is 0 Å². The van der Waals surface area contributed by atoms with E-state index in [1.165, 1.54) is 0 Å². The molecule has 0 aliphatic heterocycles. The van der Waals surface area contributed by atoms with Gasteiger partial charge in [-0.15, -0.1) is 0 Å². The Bertz CT molecular complexity index is 574. The van der Waals surface area contributed by atoms with E-state index in [2.05, 4.69) is 26.1 Å². The van der Waals surface area contributed by atoms with Crippen molar-refractivity contribution in [1.82, 2.24) is 5.32 Å². The Balaban J connectivity index is 4.87. The quantitative estimate of drug-likeness (QED) is 0.383. The molecule has 0 aromatic heterocycles. The van der Waals surface area contributed by atoms with E-state index in [-0.39, 0.29) is 23.2 Å². The van der Waals surface area contributed by atoms with E-state index < -0.39 is 28.3 Å². The van der Waals surface area contributed by atoms with Crippen molar-refractivity contribution in [3.8, 4) is 0 Å². The van der Waals surface area contributed by atoms with Gasteiger partial charge in [0.2, 0.25) is 5.91 Å². The third-order valence-electron chi connectivity index (χ3n) is 5.20. The predicted molar refractivity (Wildman–Crippen MR) is 116 cm³/mol. The lowest BCUT2D eigenvalue weighted by Crippen LogP contribution is -2.50. The number of ether oxygens (including phenoxy) is 1. The number of amides is 1. The van der Waals surface area contributed by atoms with Gasteiger partial charge in [0, 0.05) is 10.7 Å². The monoisotopic (exact) mass is 433 g/mol. The summed E-state index contributed by atoms with van der Waals surface area (Å²) in [7, 11) is 0. The number of aliphatic carboxylic acids is 1. The molecule has 1 amide bonds. The SMILES string of the molecule is CCC(C)(C)CC(C)(C)OCC(NC(=O)C(C)(C)CCC(C)SC(=O)O)C(=O)O. The van der Waals surface area contributed by atoms with Gasteiger partial charge in [0.05, 0.1) is 12.2 Å². The van der Waals surface area contributed by atoms with Gasteiger partial charge < -0.3 is 20.3 Å². The zero-order valence-electron chi connectivity index (χ0n) is 19.1. The van der Waals surface area contributed by atoms with E-state index >= 15 is 0 Å². The summed E-state index contributed by atoms with van der Waals surface area (Å²) >= 11 is 0.813. The molecule has 0 aliphatic rings. The lowest BCUT2D eigenvalue weighted by Gasteiger charge is -2.35. The fraction of sp³-hybridized carbons (Fsp3) is 0.857. The lowest BCUT2D eigenvalue weighted by molar-refractivity contribution is -0.148. The van der Waals surface area contributed by atoms with Gasteiger partial charge in [-0.2, -0.15) is 0 Å². The smallest absolute Gasteiger partial charge is 0.365 e. The Morgan fingerprint density at radius 2 is 1.62 bits per heavy atom. The van der Waals surface area contributed by atoms with Gasteiger partial charge in [0.25, 0.3) is 0 Å². The van der Waals surface area contributed by atoms with Crippen LogP contribution in [0.2, 0.25) is 0 Å². The molecule has 0 saturated heterocycles. The van der Waals surface area contributed by atoms with Crippen molar-refractivity contribution >= 4 is 28.9 Å². The summed E-state index contributed by atoms with van der Waals surface area (Å²) in [6, 6.07) is -1.14. The first-order valence-corrected chi connectivity index (χ1v) is 11.0. The lowest BCUT2D eigenvalue weighted by atomic mass is 9.80. The first-order valence-electron chi connectivity index (χ1n) is 10.1. The second kappa shape index (κ2) is 11.2. The Morgan fingerprint density at radius 3 is 2.07 bits per heavy atom. The number of carboxylic acids is 1. The van der Waals surface area contributed by atoms with Crippen molar-refractivity contribution in [1.29, 1.82) is 0 Å². The number of carbonyl (C=O) groups is 3. The summed E-state index contributed by atoms with van der Waals surface area (Å²) in [5.74, 6) is -1.53. The van der Waals surface area contributed by atoms with Crippen LogP contribution in [0.25, 0.3) is 0 Å². The topological polar surface area (TPSA) is 113 Å². The molecule has 29 heavy (non-hydrogen) atoms. The Kier molecular flexibility index (Phi) is 10.7. The van der Waals surface area contributed by atoms with Gasteiger partial charge in [-0.25, -0.2) is 9.59 Å². The summed E-state index contributed by atoms with van der Waals surface area (Å²) in [6.07, 6.45) is 2.72. The van der Waals surface area contributed by atoms with Crippen LogP contribution in [0.5, 0.6) is 0 Å². The van der Waals surface area contributed by atoms with Gasteiger partial charge in [-0.3, -0.25) is 4.79 Å². The minimum absolute atomic E-state index is 0.0676. The van der Waals surface area contributed by atoms with Gasteiger partial charge in [0.1, 0.15) is 0 Å². The number of hydrogen-bond acceptors (Lipinski definition) is 5. The van der Waals surface area contributed by atoms with Crippen molar-refractivity contribution in [2.24, 2.45) is 10.8 Å². The van der Waals surface area contributed by atoms with E-state index in [1.54, 1.807) is 20.8 Å². The molecular formula is C21H39NO6S. The molecule has 0 rings (SSSR count). The number of hydrogen-bond donors (Lipinski definition) is 3. The molecule has 7 nitrogen and oxygen atoms in total. The molecule has 170 valence electrons. The summed E-state index contributed by atoms with van der Waals surface area (Å²) in [6.45, 7) is 15.4. The molecule has 0 bridgehead atoms. The third-order valence-corrected chi connectivity index (χ3v) is 6.04. The average molecular weight is 434 g/mol. The van der Waals surface area contributed by atoms with Crippen LogP contribution in [0.15, 0.2) is 0 Å². The van der Waals surface area contributed by atoms with Gasteiger partial charge in [0.15, 0.2) is 6.04 Å². The Labute approximate surface area is 179 Å². The van der Waals surface area contributed by atoms with Crippen LogP contribution in [0.3, 0.4) is 0 Å². The molecule has 3 N–H and O–H groups in total. The maximum Gasteiger partial charge on any atom is 0.365 e. The first kappa shape index (κ1) is 27.7. The largest absolute Gasteiger partial charge is 0.480 e. The van der Waals surface area contributed by atoms with Crippen molar-refractivity contribution in [2.45, 2.75) is 98.0 Å². The zero-order valence-corrected chi connectivity index (χ0v) is 19.9. The molecular weight excluding hydrogens is 394 g/mol. The second-order valence-electron chi connectivity index (χ2n) is 9.75. The van der Waals surface area contributed by atoms with E-state index in [1.807, 2.05) is 13.8 Å². The van der Waals surface area contributed by atoms with Crippen LogP contribution >= 0.6 is 11.8 Å². The molecule has 0 radical (unpaired) electrons. The van der Waals surface area contributed by atoms with Gasteiger partial charge in [-0.05, 0) is 50.3 Å². The standard InChI is InChI=1S/C21H39NO6S/c1-9-19(3,4)13-21(7,8)28-12-15(16(23)24)22-17(25)20(5,6)11-10-14(2)29-18(26)27/h14-15H,9-13H2,1-8H3,(H,22,25)(H,23,24)(H,26,27). The van der Waals surface area contributed by atoms with E-state index in [4.69, 9.17) is 9.84 Å². The number of carbonyl (C=O) groups excluding carboxylic acids is 1. The third kappa shape index (κ3) is 11.5. The summed E-state index contributed by atoms with van der Waals surface area (Å²) in [4.78, 5) is 35.1. The molecule has 2 unspecified atom stereocenters. The molecule has 0 fully saturated rings. The van der Waals surface area contributed by atoms with Crippen LogP contribution in [-0.2, 0) is 14.3 Å². The minimum atomic E-state index is -1.14. The van der Waals surface area contributed by atoms with E-state index in [0.717, 1.165) is 24.6 Å². The highest BCUT2D eigenvalue weighted by Gasteiger charge is 2.34. The number of carboxylic acid groups (broad SMARTS) is 2. The van der Waals surface area contributed by atoms with Gasteiger partial charge >= 0.3 is 11.3 Å². The van der Waals surface area contributed by atoms with Crippen LogP contribution in [-0.4, -0.2) is 50.9 Å². The molecule has 2 atom stereocenters. The Hall–Kier alpha value is -1.28. The van der Waals surface area contributed by atoms with Gasteiger partial charge in [-0.1, -0.05) is 48.0 Å². The van der Waals surface area contributed by atoms with Crippen LogP contribution in [0, 0.1) is 10.8 Å². The molecule has 0 aromatic carbocycles. The van der Waals surface area contributed by atoms with E-state index in [9.17, 15) is 19.5 Å². The maximum absolute atomic E-state index is 12.7. The number of rotatable bonds is 13. The number of nitrogens with one attached hydrogen (secondary N) is 1. The summed E-state index contributed by atoms with van der Waals surface area (Å²) in [5, 5.41) is 19.8. The summed E-state index contributed by atoms with van der Waals surface area (Å²) < 4.78 is 5.88. The fourth-order valence-corrected chi connectivity index (χ4v) is 3.65. The summed E-state index contributed by atoms with van der Waals surface area (Å²) in [5.41, 5.74) is -1.27. The highest BCUT2D eigenvalue weighted by atomic mass is 32.2. The van der Waals surface area contributed by atoms with Crippen LogP contribution < -0.4 is 5.32 Å². The predicted octanol–water partition coefficient (Wildman–Crippen LogP) is 4.78. The highest BCUT2D eigenvalue weighted by Crippen LogP contribution is 2.33. The molecule has 0 aliphatic carbocycles. The molecule has 0 aromatic rings. The van der Waals surface area contributed by atoms with Crippen LogP contribution in [0.4, 0.5) is 4.79 Å². The normalized spacial score (nSPS) is 14.9. The fourth-order valence-electron chi connectivity index (χ4n) is 3.07. The van der Waals surface area contributed by atoms with Crippen molar-refractivity contribution in [2.75, 3.05) is 6.61 Å². The van der Waals surface area contributed by atoms with Crippen LogP contribution in [0.1, 0.15) is 81.1 Å². The second-order valence-corrected chi connectivity index (χ2v) is 11.1. The van der Waals surface area contributed by atoms with Crippen molar-refractivity contribution < 1.29 is 29.3 Å². The van der Waals surface area contributed by atoms with E-state index in [0.29, 0.717) is 12.8 Å². The molecule has 0 saturated carbocycles. The first-order chi connectivity index (χ1) is 13.0. The molecule has 8 heteroatoms. The minimum Gasteiger partial charge on any atom is -0.480 e.